The van der Waals surface area contributed by atoms with Crippen molar-refractivity contribution in [2.75, 3.05) is 5.32 Å². The van der Waals surface area contributed by atoms with Gasteiger partial charge in [-0.2, -0.15) is 0 Å². The summed E-state index contributed by atoms with van der Waals surface area (Å²) in [5.41, 5.74) is 7.16. The predicted octanol–water partition coefficient (Wildman–Crippen LogP) is 3.54. The molecule has 2 rings (SSSR count). The summed E-state index contributed by atoms with van der Waals surface area (Å²) in [6, 6.07) is 11.2. The zero-order valence-electron chi connectivity index (χ0n) is 10.9. The third-order valence-corrected chi connectivity index (χ3v) is 3.68. The largest absolute Gasteiger partial charge is 0.369 e. The monoisotopic (exact) mass is 336 g/mol. The molecule has 0 saturated heterocycles. The number of benzene rings is 2. The number of hydrogen-bond donors (Lipinski definition) is 2. The zero-order chi connectivity index (χ0) is 14.7. The Kier molecular flexibility index (Phi) is 4.39. The first-order chi connectivity index (χ1) is 9.49. The van der Waals surface area contributed by atoms with Crippen LogP contribution in [0, 0.1) is 12.7 Å². The Morgan fingerprint density at radius 3 is 2.60 bits per heavy atom. The topological polar surface area (TPSA) is 55.1 Å². The summed E-state index contributed by atoms with van der Waals surface area (Å²) >= 11 is 3.38. The minimum Gasteiger partial charge on any atom is -0.369 e. The van der Waals surface area contributed by atoms with E-state index in [0.717, 1.165) is 10.2 Å². The molecule has 0 radical (unpaired) electrons. The Hall–Kier alpha value is -1.88. The number of halogens is 2. The first kappa shape index (κ1) is 14.5. The Labute approximate surface area is 125 Å². The van der Waals surface area contributed by atoms with Crippen LogP contribution in [0.4, 0.5) is 10.1 Å². The highest BCUT2D eigenvalue weighted by Crippen LogP contribution is 2.27. The summed E-state index contributed by atoms with van der Waals surface area (Å²) in [7, 11) is 0. The second kappa shape index (κ2) is 6.05. The molecule has 0 spiro atoms. The minimum atomic E-state index is -0.788. The number of amides is 1. The summed E-state index contributed by atoms with van der Waals surface area (Å²) in [5, 5.41) is 3.02. The molecule has 0 aliphatic heterocycles. The number of carbonyl (C=O) groups excluding carboxylic acids is 1. The van der Waals surface area contributed by atoms with Crippen molar-refractivity contribution in [3.05, 3.63) is 63.9 Å². The summed E-state index contributed by atoms with van der Waals surface area (Å²) in [4.78, 5) is 11.6. The molecule has 104 valence electrons. The van der Waals surface area contributed by atoms with Gasteiger partial charge in [0.1, 0.15) is 11.9 Å². The Morgan fingerprint density at radius 1 is 1.30 bits per heavy atom. The van der Waals surface area contributed by atoms with Crippen LogP contribution in [0.1, 0.15) is 17.2 Å². The molecule has 5 heteroatoms. The van der Waals surface area contributed by atoms with Crippen molar-refractivity contribution in [2.45, 2.75) is 13.0 Å². The van der Waals surface area contributed by atoms with Crippen LogP contribution >= 0.6 is 15.9 Å². The molecule has 1 amide bonds. The minimum absolute atomic E-state index is 0.359. The molecule has 1 unspecified atom stereocenters. The third-order valence-electron chi connectivity index (χ3n) is 2.99. The van der Waals surface area contributed by atoms with Gasteiger partial charge in [0, 0.05) is 10.2 Å². The summed E-state index contributed by atoms with van der Waals surface area (Å²) in [6.07, 6.45) is 0. The Balaban J connectivity index is 2.34. The standard InChI is InChI=1S/C15H14BrFN2O/c1-9-6-7-10(8-12(9)17)14(15(18)20)19-13-5-3-2-4-11(13)16/h2-8,14,19H,1H3,(H2,18,20). The van der Waals surface area contributed by atoms with E-state index >= 15 is 0 Å². The van der Waals surface area contributed by atoms with E-state index in [1.807, 2.05) is 24.3 Å². The SMILES string of the molecule is Cc1ccc(C(Nc2ccccc2Br)C(N)=O)cc1F. The average Bonchev–Trinajstić information content (AvgIpc) is 2.41. The molecule has 0 aliphatic rings. The van der Waals surface area contributed by atoms with E-state index in [1.54, 1.807) is 19.1 Å². The summed E-state index contributed by atoms with van der Waals surface area (Å²) in [5.74, 6) is -0.924. The van der Waals surface area contributed by atoms with E-state index in [4.69, 9.17) is 5.73 Å². The second-order valence-corrected chi connectivity index (χ2v) is 5.32. The summed E-state index contributed by atoms with van der Waals surface area (Å²) < 4.78 is 14.4. The quantitative estimate of drug-likeness (QED) is 0.897. The molecule has 0 heterocycles. The fourth-order valence-corrected chi connectivity index (χ4v) is 2.24. The molecule has 0 aromatic heterocycles. The lowest BCUT2D eigenvalue weighted by molar-refractivity contribution is -0.118. The van der Waals surface area contributed by atoms with Crippen molar-refractivity contribution >= 4 is 27.5 Å². The number of anilines is 1. The molecular weight excluding hydrogens is 323 g/mol. The second-order valence-electron chi connectivity index (χ2n) is 4.47. The van der Waals surface area contributed by atoms with Gasteiger partial charge in [-0.3, -0.25) is 4.79 Å². The Bertz CT molecular complexity index is 646. The maximum Gasteiger partial charge on any atom is 0.244 e. The van der Waals surface area contributed by atoms with Crippen molar-refractivity contribution in [1.29, 1.82) is 0 Å². The fraction of sp³-hybridized carbons (Fsp3) is 0.133. The van der Waals surface area contributed by atoms with Gasteiger partial charge in [0.15, 0.2) is 0 Å². The molecule has 3 N–H and O–H groups in total. The first-order valence-electron chi connectivity index (χ1n) is 6.05. The van der Waals surface area contributed by atoms with Crippen LogP contribution in [-0.2, 0) is 4.79 Å². The number of nitrogens with one attached hydrogen (secondary N) is 1. The average molecular weight is 337 g/mol. The first-order valence-corrected chi connectivity index (χ1v) is 6.85. The van der Waals surface area contributed by atoms with Crippen LogP contribution in [0.15, 0.2) is 46.9 Å². The van der Waals surface area contributed by atoms with Gasteiger partial charge in [-0.25, -0.2) is 4.39 Å². The van der Waals surface area contributed by atoms with Gasteiger partial charge in [-0.1, -0.05) is 24.3 Å². The van der Waals surface area contributed by atoms with Crippen LogP contribution in [-0.4, -0.2) is 5.91 Å². The van der Waals surface area contributed by atoms with E-state index in [1.165, 1.54) is 6.07 Å². The smallest absolute Gasteiger partial charge is 0.244 e. The molecule has 0 bridgehead atoms. The highest BCUT2D eigenvalue weighted by atomic mass is 79.9. The van der Waals surface area contributed by atoms with Crippen molar-refractivity contribution < 1.29 is 9.18 Å². The molecule has 2 aromatic carbocycles. The summed E-state index contributed by atoms with van der Waals surface area (Å²) in [6.45, 7) is 1.67. The maximum atomic E-state index is 13.6. The maximum absolute atomic E-state index is 13.6. The molecule has 0 saturated carbocycles. The molecule has 0 aliphatic carbocycles. The van der Waals surface area contributed by atoms with E-state index in [9.17, 15) is 9.18 Å². The lowest BCUT2D eigenvalue weighted by Gasteiger charge is -2.18. The van der Waals surface area contributed by atoms with Gasteiger partial charge in [0.2, 0.25) is 5.91 Å². The molecule has 20 heavy (non-hydrogen) atoms. The van der Waals surface area contributed by atoms with Crippen molar-refractivity contribution in [3.8, 4) is 0 Å². The number of rotatable bonds is 4. The number of para-hydroxylation sites is 1. The number of aryl methyl sites for hydroxylation is 1. The van der Waals surface area contributed by atoms with Crippen LogP contribution < -0.4 is 11.1 Å². The molecular formula is C15H14BrFN2O. The van der Waals surface area contributed by atoms with Crippen molar-refractivity contribution in [1.82, 2.24) is 0 Å². The number of nitrogens with two attached hydrogens (primary N) is 1. The van der Waals surface area contributed by atoms with E-state index in [0.29, 0.717) is 11.1 Å². The van der Waals surface area contributed by atoms with Crippen molar-refractivity contribution in [2.24, 2.45) is 5.73 Å². The lowest BCUT2D eigenvalue weighted by Crippen LogP contribution is -2.28. The van der Waals surface area contributed by atoms with Gasteiger partial charge < -0.3 is 11.1 Å². The highest BCUT2D eigenvalue weighted by molar-refractivity contribution is 9.10. The number of carbonyl (C=O) groups is 1. The van der Waals surface area contributed by atoms with Gasteiger partial charge >= 0.3 is 0 Å². The van der Waals surface area contributed by atoms with Gasteiger partial charge in [0.05, 0.1) is 0 Å². The van der Waals surface area contributed by atoms with Gasteiger partial charge in [-0.05, 0) is 52.2 Å². The van der Waals surface area contributed by atoms with E-state index in [2.05, 4.69) is 21.2 Å². The lowest BCUT2D eigenvalue weighted by atomic mass is 10.0. The zero-order valence-corrected chi connectivity index (χ0v) is 12.4. The molecule has 0 fully saturated rings. The van der Waals surface area contributed by atoms with Crippen LogP contribution in [0.2, 0.25) is 0 Å². The molecule has 2 aromatic rings. The Morgan fingerprint density at radius 2 is 2.00 bits per heavy atom. The van der Waals surface area contributed by atoms with Crippen LogP contribution in [0.25, 0.3) is 0 Å². The van der Waals surface area contributed by atoms with E-state index in [-0.39, 0.29) is 5.82 Å². The number of primary amides is 1. The fourth-order valence-electron chi connectivity index (χ4n) is 1.84. The van der Waals surface area contributed by atoms with Crippen LogP contribution in [0.5, 0.6) is 0 Å². The highest BCUT2D eigenvalue weighted by Gasteiger charge is 2.19. The number of hydrogen-bond acceptors (Lipinski definition) is 2. The van der Waals surface area contributed by atoms with E-state index < -0.39 is 11.9 Å². The molecule has 1 atom stereocenters. The molecule has 3 nitrogen and oxygen atoms in total. The van der Waals surface area contributed by atoms with Crippen LogP contribution in [0.3, 0.4) is 0 Å². The predicted molar refractivity (Wildman–Crippen MR) is 80.8 cm³/mol. The van der Waals surface area contributed by atoms with Gasteiger partial charge in [-0.15, -0.1) is 0 Å². The van der Waals surface area contributed by atoms with Gasteiger partial charge in [0.25, 0.3) is 0 Å². The normalized spacial score (nSPS) is 11.9. The van der Waals surface area contributed by atoms with Crippen molar-refractivity contribution in [3.63, 3.8) is 0 Å². The third kappa shape index (κ3) is 3.17.